The fraction of sp³-hybridized carbons (Fsp3) is 0.125. The predicted molar refractivity (Wildman–Crippen MR) is 123 cm³/mol. The van der Waals surface area contributed by atoms with Crippen molar-refractivity contribution in [2.24, 2.45) is 5.73 Å². The Kier molecular flexibility index (Phi) is 6.24. The van der Waals surface area contributed by atoms with Gasteiger partial charge in [-0.2, -0.15) is 0 Å². The highest BCUT2D eigenvalue weighted by molar-refractivity contribution is 7.22. The van der Waals surface area contributed by atoms with E-state index >= 15 is 0 Å². The smallest absolute Gasteiger partial charge is 0.266 e. The van der Waals surface area contributed by atoms with Crippen LogP contribution in [-0.2, 0) is 11.2 Å². The zero-order chi connectivity index (χ0) is 21.6. The molecule has 0 saturated carbocycles. The van der Waals surface area contributed by atoms with Gasteiger partial charge in [-0.05, 0) is 42.3 Å². The molecule has 4 rings (SSSR count). The van der Waals surface area contributed by atoms with Crippen molar-refractivity contribution in [3.63, 3.8) is 0 Å². The number of benzene rings is 3. The Labute approximate surface area is 183 Å². The summed E-state index contributed by atoms with van der Waals surface area (Å²) in [5.74, 6) is -0.341. The zero-order valence-electron chi connectivity index (χ0n) is 16.7. The monoisotopic (exact) mass is 431 g/mol. The van der Waals surface area contributed by atoms with Gasteiger partial charge in [0.1, 0.15) is 5.75 Å². The number of nitrogens with two attached hydrogens (primary N) is 1. The van der Waals surface area contributed by atoms with Crippen LogP contribution in [0.15, 0.2) is 78.9 Å². The van der Waals surface area contributed by atoms with Crippen molar-refractivity contribution >= 4 is 38.5 Å². The summed E-state index contributed by atoms with van der Waals surface area (Å²) in [6.07, 6.45) is 0.694. The molecule has 0 atom stereocenters. The second-order valence-corrected chi connectivity index (χ2v) is 7.93. The van der Waals surface area contributed by atoms with Gasteiger partial charge in [0.15, 0.2) is 11.7 Å². The number of anilines is 1. The summed E-state index contributed by atoms with van der Waals surface area (Å²) >= 11 is 1.47. The van der Waals surface area contributed by atoms with Crippen LogP contribution in [0.5, 0.6) is 5.75 Å². The van der Waals surface area contributed by atoms with Gasteiger partial charge in [0.05, 0.1) is 10.2 Å². The fourth-order valence-corrected chi connectivity index (χ4v) is 4.16. The van der Waals surface area contributed by atoms with Crippen molar-refractivity contribution in [3.05, 3.63) is 90.0 Å². The number of carbonyl (C=O) groups excluding carboxylic acids is 2. The van der Waals surface area contributed by atoms with Gasteiger partial charge < -0.3 is 10.5 Å². The third-order valence-corrected chi connectivity index (χ3v) is 5.82. The molecule has 156 valence electrons. The lowest BCUT2D eigenvalue weighted by atomic mass is 10.1. The first-order chi connectivity index (χ1) is 15.1. The van der Waals surface area contributed by atoms with Crippen molar-refractivity contribution in [1.29, 1.82) is 0 Å². The molecule has 0 aliphatic rings. The van der Waals surface area contributed by atoms with Crippen LogP contribution in [0.25, 0.3) is 10.2 Å². The first-order valence-electron chi connectivity index (χ1n) is 9.83. The number of carbonyl (C=O) groups is 2. The van der Waals surface area contributed by atoms with Crippen molar-refractivity contribution < 1.29 is 14.3 Å². The zero-order valence-corrected chi connectivity index (χ0v) is 17.5. The van der Waals surface area contributed by atoms with Crippen LogP contribution in [0, 0.1) is 0 Å². The highest BCUT2D eigenvalue weighted by Crippen LogP contribution is 2.29. The highest BCUT2D eigenvalue weighted by Gasteiger charge is 2.20. The maximum absolute atomic E-state index is 13.1. The van der Waals surface area contributed by atoms with Crippen LogP contribution >= 0.6 is 11.3 Å². The van der Waals surface area contributed by atoms with Crippen LogP contribution in [0.3, 0.4) is 0 Å². The molecule has 0 saturated heterocycles. The topological polar surface area (TPSA) is 85.5 Å². The standard InChI is InChI=1S/C24H21N3O3S/c25-23(29)18-9-6-10-19(15-18)30-16-22(28)27(14-13-17-7-2-1-3-8-17)24-26-20-11-4-5-12-21(20)31-24/h1-12,15H,13-14,16H2,(H2,25,29). The second-order valence-electron chi connectivity index (χ2n) is 6.93. The van der Waals surface area contributed by atoms with Crippen molar-refractivity contribution in [2.45, 2.75) is 6.42 Å². The summed E-state index contributed by atoms with van der Waals surface area (Å²) in [5.41, 5.74) is 7.64. The van der Waals surface area contributed by atoms with Gasteiger partial charge in [0.2, 0.25) is 5.91 Å². The average Bonchev–Trinajstić information content (AvgIpc) is 3.22. The van der Waals surface area contributed by atoms with Crippen LogP contribution in [0.1, 0.15) is 15.9 Å². The molecule has 0 aliphatic carbocycles. The Hall–Kier alpha value is -3.71. The van der Waals surface area contributed by atoms with Gasteiger partial charge in [-0.1, -0.05) is 59.9 Å². The summed E-state index contributed by atoms with van der Waals surface area (Å²) in [6.45, 7) is 0.306. The number of primary amides is 1. The van der Waals surface area contributed by atoms with E-state index < -0.39 is 5.91 Å². The number of ether oxygens (including phenoxy) is 1. The number of fused-ring (bicyclic) bond motifs is 1. The Morgan fingerprint density at radius 2 is 1.74 bits per heavy atom. The fourth-order valence-electron chi connectivity index (χ4n) is 3.15. The van der Waals surface area contributed by atoms with E-state index in [4.69, 9.17) is 10.5 Å². The number of aromatic nitrogens is 1. The normalized spacial score (nSPS) is 10.7. The Morgan fingerprint density at radius 3 is 2.52 bits per heavy atom. The number of nitrogens with zero attached hydrogens (tertiary/aromatic N) is 2. The minimum absolute atomic E-state index is 0.174. The Bertz CT molecular complexity index is 1170. The summed E-state index contributed by atoms with van der Waals surface area (Å²) in [4.78, 5) is 30.8. The molecular weight excluding hydrogens is 410 g/mol. The number of hydrogen-bond donors (Lipinski definition) is 1. The van der Waals surface area contributed by atoms with Crippen LogP contribution in [0.4, 0.5) is 5.13 Å². The minimum Gasteiger partial charge on any atom is -0.484 e. The summed E-state index contributed by atoms with van der Waals surface area (Å²) < 4.78 is 6.68. The highest BCUT2D eigenvalue weighted by atomic mass is 32.1. The van der Waals surface area contributed by atoms with Crippen molar-refractivity contribution in [2.75, 3.05) is 18.1 Å². The molecule has 0 unspecified atom stereocenters. The van der Waals surface area contributed by atoms with Gasteiger partial charge >= 0.3 is 0 Å². The molecule has 4 aromatic rings. The van der Waals surface area contributed by atoms with Gasteiger partial charge in [-0.3, -0.25) is 14.5 Å². The second kappa shape index (κ2) is 9.40. The number of para-hydroxylation sites is 1. The lowest BCUT2D eigenvalue weighted by Crippen LogP contribution is -2.36. The number of hydrogen-bond acceptors (Lipinski definition) is 5. The molecule has 31 heavy (non-hydrogen) atoms. The van der Waals surface area contributed by atoms with E-state index in [2.05, 4.69) is 4.98 Å². The Balaban J connectivity index is 1.53. The van der Waals surface area contributed by atoms with E-state index in [0.29, 0.717) is 29.4 Å². The molecule has 2 N–H and O–H groups in total. The van der Waals surface area contributed by atoms with E-state index in [0.717, 1.165) is 15.8 Å². The van der Waals surface area contributed by atoms with Gasteiger partial charge in [0, 0.05) is 12.1 Å². The van der Waals surface area contributed by atoms with Crippen molar-refractivity contribution in [1.82, 2.24) is 4.98 Å². The molecule has 0 spiro atoms. The lowest BCUT2D eigenvalue weighted by Gasteiger charge is -2.20. The molecule has 7 heteroatoms. The van der Waals surface area contributed by atoms with E-state index in [9.17, 15) is 9.59 Å². The van der Waals surface area contributed by atoms with E-state index in [-0.39, 0.29) is 12.5 Å². The SMILES string of the molecule is NC(=O)c1cccc(OCC(=O)N(CCc2ccccc2)c2nc3ccccc3s2)c1. The Morgan fingerprint density at radius 1 is 0.968 bits per heavy atom. The molecule has 0 aliphatic heterocycles. The third kappa shape index (κ3) is 5.07. The van der Waals surface area contributed by atoms with Crippen LogP contribution in [-0.4, -0.2) is 29.9 Å². The number of amides is 2. The maximum Gasteiger partial charge on any atom is 0.266 e. The van der Waals surface area contributed by atoms with E-state index in [1.807, 2.05) is 54.6 Å². The molecule has 0 bridgehead atoms. The third-order valence-electron chi connectivity index (χ3n) is 4.76. The molecule has 0 radical (unpaired) electrons. The molecule has 0 fully saturated rings. The molecule has 1 aromatic heterocycles. The quantitative estimate of drug-likeness (QED) is 0.456. The number of thiazole rings is 1. The van der Waals surface area contributed by atoms with Crippen LogP contribution < -0.4 is 15.4 Å². The predicted octanol–water partition coefficient (Wildman–Crippen LogP) is 4.05. The van der Waals surface area contributed by atoms with Crippen molar-refractivity contribution in [3.8, 4) is 5.75 Å². The first kappa shape index (κ1) is 20.6. The summed E-state index contributed by atoms with van der Waals surface area (Å²) in [5, 5.41) is 0.636. The summed E-state index contributed by atoms with van der Waals surface area (Å²) in [7, 11) is 0. The maximum atomic E-state index is 13.1. The molecule has 3 aromatic carbocycles. The van der Waals surface area contributed by atoms with Gasteiger partial charge in [-0.15, -0.1) is 0 Å². The summed E-state index contributed by atoms with van der Waals surface area (Å²) in [6, 6.07) is 24.3. The lowest BCUT2D eigenvalue weighted by molar-refractivity contribution is -0.120. The van der Waals surface area contributed by atoms with E-state index in [1.165, 1.54) is 17.4 Å². The molecular formula is C24H21N3O3S. The average molecular weight is 432 g/mol. The van der Waals surface area contributed by atoms with Gasteiger partial charge in [0.25, 0.3) is 5.91 Å². The number of rotatable bonds is 8. The molecule has 1 heterocycles. The first-order valence-corrected chi connectivity index (χ1v) is 10.6. The molecule has 2 amide bonds. The van der Waals surface area contributed by atoms with E-state index in [1.54, 1.807) is 23.1 Å². The molecule has 6 nitrogen and oxygen atoms in total. The van der Waals surface area contributed by atoms with Crippen LogP contribution in [0.2, 0.25) is 0 Å². The minimum atomic E-state index is -0.546. The largest absolute Gasteiger partial charge is 0.484 e. The van der Waals surface area contributed by atoms with Gasteiger partial charge in [-0.25, -0.2) is 4.98 Å².